The van der Waals surface area contributed by atoms with Gasteiger partial charge in [-0.25, -0.2) is 4.98 Å². The lowest BCUT2D eigenvalue weighted by Gasteiger charge is -2.39. The molecule has 0 spiro atoms. The van der Waals surface area contributed by atoms with Crippen molar-refractivity contribution in [2.75, 3.05) is 31.1 Å². The van der Waals surface area contributed by atoms with Gasteiger partial charge in [0.1, 0.15) is 5.82 Å². The molecule has 0 radical (unpaired) electrons. The second-order valence-electron chi connectivity index (χ2n) is 8.41. The van der Waals surface area contributed by atoms with E-state index in [9.17, 15) is 0 Å². The number of anilines is 1. The third kappa shape index (κ3) is 2.73. The van der Waals surface area contributed by atoms with Crippen LogP contribution in [-0.2, 0) is 0 Å². The number of para-hydroxylation sites is 1. The number of hydrogen-bond acceptors (Lipinski definition) is 3. The average molecular weight is 392 g/mol. The molecule has 1 aliphatic heterocycles. The Bertz CT molecular complexity index is 1190. The van der Waals surface area contributed by atoms with Gasteiger partial charge >= 0.3 is 0 Å². The summed E-state index contributed by atoms with van der Waals surface area (Å²) in [7, 11) is 0. The number of rotatable bonds is 2. The van der Waals surface area contributed by atoms with E-state index in [4.69, 9.17) is 4.98 Å². The molecule has 6 rings (SSSR count). The van der Waals surface area contributed by atoms with Gasteiger partial charge < -0.3 is 4.90 Å². The average Bonchev–Trinajstić information content (AvgIpc) is 3.14. The Morgan fingerprint density at radius 2 is 1.33 bits per heavy atom. The molecule has 3 aromatic carbocycles. The van der Waals surface area contributed by atoms with Crippen molar-refractivity contribution in [1.82, 2.24) is 9.88 Å². The van der Waals surface area contributed by atoms with E-state index in [1.165, 1.54) is 33.2 Å². The highest BCUT2D eigenvalue weighted by Crippen LogP contribution is 2.46. The summed E-state index contributed by atoms with van der Waals surface area (Å²) in [6.07, 6.45) is 0. The summed E-state index contributed by atoms with van der Waals surface area (Å²) < 4.78 is 0. The highest BCUT2D eigenvalue weighted by Gasteiger charge is 2.34. The van der Waals surface area contributed by atoms with Gasteiger partial charge in [-0.3, -0.25) is 4.90 Å². The van der Waals surface area contributed by atoms with E-state index in [2.05, 4.69) is 95.6 Å². The van der Waals surface area contributed by atoms with Gasteiger partial charge in [-0.15, -0.1) is 0 Å². The molecular formula is C27H25N3. The van der Waals surface area contributed by atoms with Crippen LogP contribution in [0.2, 0.25) is 0 Å². The zero-order valence-corrected chi connectivity index (χ0v) is 17.3. The highest BCUT2D eigenvalue weighted by molar-refractivity contribution is 5.84. The van der Waals surface area contributed by atoms with Gasteiger partial charge in [0.2, 0.25) is 0 Å². The fourth-order valence-corrected chi connectivity index (χ4v) is 5.23. The molecule has 0 unspecified atom stereocenters. The zero-order chi connectivity index (χ0) is 20.1. The van der Waals surface area contributed by atoms with Crippen LogP contribution in [0.15, 0.2) is 78.9 Å². The molecule has 1 fully saturated rings. The summed E-state index contributed by atoms with van der Waals surface area (Å²) in [5, 5.41) is 1.25. The predicted molar refractivity (Wildman–Crippen MR) is 124 cm³/mol. The molecule has 3 heteroatoms. The lowest BCUT2D eigenvalue weighted by atomic mass is 10.0. The molecule has 1 saturated heterocycles. The Morgan fingerprint density at radius 3 is 2.03 bits per heavy atom. The quantitative estimate of drug-likeness (QED) is 0.454. The number of piperazine rings is 1. The minimum atomic E-state index is 0.367. The van der Waals surface area contributed by atoms with Crippen molar-refractivity contribution in [2.24, 2.45) is 0 Å². The summed E-state index contributed by atoms with van der Waals surface area (Å²) in [6, 6.07) is 28.9. The van der Waals surface area contributed by atoms with Gasteiger partial charge in [0.05, 0.1) is 11.6 Å². The molecule has 0 bridgehead atoms. The maximum Gasteiger partial charge on any atom is 0.129 e. The summed E-state index contributed by atoms with van der Waals surface area (Å²) in [5.41, 5.74) is 8.09. The van der Waals surface area contributed by atoms with Gasteiger partial charge in [0.25, 0.3) is 0 Å². The van der Waals surface area contributed by atoms with Crippen LogP contribution in [0, 0.1) is 6.92 Å². The number of hydrogen-bond donors (Lipinski definition) is 0. The monoisotopic (exact) mass is 391 g/mol. The third-order valence-corrected chi connectivity index (χ3v) is 6.71. The molecule has 0 N–H and O–H groups in total. The summed E-state index contributed by atoms with van der Waals surface area (Å²) >= 11 is 0. The third-order valence-electron chi connectivity index (χ3n) is 6.71. The van der Waals surface area contributed by atoms with E-state index >= 15 is 0 Å². The molecular weight excluding hydrogens is 366 g/mol. The molecule has 148 valence electrons. The lowest BCUT2D eigenvalue weighted by molar-refractivity contribution is 0.215. The van der Waals surface area contributed by atoms with E-state index in [0.717, 1.165) is 37.5 Å². The van der Waals surface area contributed by atoms with Gasteiger partial charge in [0.15, 0.2) is 0 Å². The van der Waals surface area contributed by atoms with Gasteiger partial charge in [0, 0.05) is 31.6 Å². The molecule has 0 atom stereocenters. The fourth-order valence-electron chi connectivity index (χ4n) is 5.23. The maximum atomic E-state index is 4.96. The number of fused-ring (bicyclic) bond motifs is 4. The predicted octanol–water partition coefficient (Wildman–Crippen LogP) is 5.44. The first-order valence-electron chi connectivity index (χ1n) is 10.8. The van der Waals surface area contributed by atoms with Crippen LogP contribution >= 0.6 is 0 Å². The van der Waals surface area contributed by atoms with Gasteiger partial charge in [-0.2, -0.15) is 0 Å². The van der Waals surface area contributed by atoms with Crippen molar-refractivity contribution >= 4 is 16.7 Å². The molecule has 3 nitrogen and oxygen atoms in total. The summed E-state index contributed by atoms with van der Waals surface area (Å²) in [5.74, 6) is 1.11. The fraction of sp³-hybridized carbons (Fsp3) is 0.222. The Balaban J connectivity index is 1.28. The van der Waals surface area contributed by atoms with Crippen LogP contribution < -0.4 is 4.90 Å². The van der Waals surface area contributed by atoms with E-state index in [1.54, 1.807) is 0 Å². The molecule has 2 aliphatic rings. The van der Waals surface area contributed by atoms with E-state index < -0.39 is 0 Å². The minimum Gasteiger partial charge on any atom is -0.354 e. The molecule has 2 heterocycles. The van der Waals surface area contributed by atoms with Crippen molar-refractivity contribution in [3.63, 3.8) is 0 Å². The Kier molecular flexibility index (Phi) is 4.10. The van der Waals surface area contributed by atoms with Crippen molar-refractivity contribution in [3.05, 3.63) is 95.6 Å². The molecule has 1 aromatic heterocycles. The first kappa shape index (κ1) is 17.7. The van der Waals surface area contributed by atoms with Crippen molar-refractivity contribution < 1.29 is 0 Å². The van der Waals surface area contributed by atoms with Crippen LogP contribution in [0.1, 0.15) is 22.7 Å². The minimum absolute atomic E-state index is 0.367. The number of pyridine rings is 1. The van der Waals surface area contributed by atoms with Crippen molar-refractivity contribution in [2.45, 2.75) is 13.0 Å². The van der Waals surface area contributed by atoms with Crippen molar-refractivity contribution in [3.8, 4) is 11.1 Å². The number of benzene rings is 3. The maximum absolute atomic E-state index is 4.96. The van der Waals surface area contributed by atoms with E-state index in [-0.39, 0.29) is 0 Å². The topological polar surface area (TPSA) is 19.4 Å². The van der Waals surface area contributed by atoms with Crippen LogP contribution in [0.3, 0.4) is 0 Å². The standard InChI is InChI=1S/C27H25N3/c1-19-18-26(28-25-13-7-6-8-20(19)25)29-14-16-30(17-15-29)27-23-11-4-2-9-21(23)22-10-3-5-12-24(22)27/h2-13,18,27H,14-17H2,1H3. The Labute approximate surface area is 177 Å². The Morgan fingerprint density at radius 1 is 0.733 bits per heavy atom. The zero-order valence-electron chi connectivity index (χ0n) is 17.3. The molecule has 30 heavy (non-hydrogen) atoms. The summed E-state index contributed by atoms with van der Waals surface area (Å²) in [6.45, 7) is 6.29. The van der Waals surface area contributed by atoms with Gasteiger partial charge in [-0.05, 0) is 46.9 Å². The number of aromatic nitrogens is 1. The smallest absolute Gasteiger partial charge is 0.129 e. The SMILES string of the molecule is Cc1cc(N2CCN(C3c4ccccc4-c4ccccc43)CC2)nc2ccccc12. The van der Waals surface area contributed by atoms with Crippen LogP contribution in [0.4, 0.5) is 5.82 Å². The Hall–Kier alpha value is -3.17. The second-order valence-corrected chi connectivity index (χ2v) is 8.41. The highest BCUT2D eigenvalue weighted by atomic mass is 15.3. The molecule has 0 amide bonds. The van der Waals surface area contributed by atoms with Crippen molar-refractivity contribution in [1.29, 1.82) is 0 Å². The molecule has 4 aromatic rings. The summed E-state index contributed by atoms with van der Waals surface area (Å²) in [4.78, 5) is 10.1. The first-order valence-corrected chi connectivity index (χ1v) is 10.8. The normalized spacial score (nSPS) is 16.6. The number of aryl methyl sites for hydroxylation is 1. The van der Waals surface area contributed by atoms with Crippen LogP contribution in [0.5, 0.6) is 0 Å². The number of nitrogens with zero attached hydrogens (tertiary/aromatic N) is 3. The van der Waals surface area contributed by atoms with Gasteiger partial charge in [-0.1, -0.05) is 66.7 Å². The lowest BCUT2D eigenvalue weighted by Crippen LogP contribution is -2.47. The largest absolute Gasteiger partial charge is 0.354 e. The second kappa shape index (κ2) is 6.96. The van der Waals surface area contributed by atoms with E-state index in [1.807, 2.05) is 0 Å². The van der Waals surface area contributed by atoms with Crippen LogP contribution in [0.25, 0.3) is 22.0 Å². The molecule has 0 saturated carbocycles. The molecule has 1 aliphatic carbocycles. The first-order chi connectivity index (χ1) is 14.8. The van der Waals surface area contributed by atoms with Crippen LogP contribution in [-0.4, -0.2) is 36.1 Å². The van der Waals surface area contributed by atoms with E-state index in [0.29, 0.717) is 6.04 Å².